The first kappa shape index (κ1) is 13.2. The number of rotatable bonds is 3. The zero-order valence-corrected chi connectivity index (χ0v) is 12.5. The molecule has 1 aromatic heterocycles. The van der Waals surface area contributed by atoms with Crippen molar-refractivity contribution in [2.45, 2.75) is 43.6 Å². The predicted octanol–water partition coefficient (Wildman–Crippen LogP) is 1.77. The van der Waals surface area contributed by atoms with E-state index in [1.165, 1.54) is 0 Å². The van der Waals surface area contributed by atoms with Gasteiger partial charge in [0.15, 0.2) is 5.82 Å². The lowest BCUT2D eigenvalue weighted by molar-refractivity contribution is -0.135. The average Bonchev–Trinajstić information content (AvgIpc) is 2.77. The lowest BCUT2D eigenvalue weighted by atomic mass is 10.1. The topological polar surface area (TPSA) is 51.0 Å². The Balaban J connectivity index is 1.72. The molecule has 0 aromatic carbocycles. The monoisotopic (exact) mass is 302 g/mol. The first-order valence-corrected chi connectivity index (χ1v) is 7.15. The van der Waals surface area contributed by atoms with Gasteiger partial charge in [-0.15, -0.1) is 33.4 Å². The van der Waals surface area contributed by atoms with Crippen molar-refractivity contribution in [3.05, 3.63) is 11.6 Å². The second-order valence-electron chi connectivity index (χ2n) is 5.66. The molecule has 0 N–H and O–H groups in total. The van der Waals surface area contributed by atoms with E-state index in [1.54, 1.807) is 18.9 Å². The molecule has 2 heterocycles. The first-order valence-electron chi connectivity index (χ1n) is 6.39. The van der Waals surface area contributed by atoms with E-state index >= 15 is 0 Å². The zero-order valence-electron chi connectivity index (χ0n) is 11.0. The maximum atomic E-state index is 12.4. The van der Waals surface area contributed by atoms with Crippen molar-refractivity contribution in [2.75, 3.05) is 7.05 Å². The molecule has 1 atom stereocenters. The van der Waals surface area contributed by atoms with Crippen LogP contribution in [0, 0.1) is 5.41 Å². The third-order valence-electron chi connectivity index (χ3n) is 4.14. The van der Waals surface area contributed by atoms with Gasteiger partial charge in [0.2, 0.25) is 5.91 Å². The SMILES string of the molecule is CN(Cc1nnc2n1CCC2)C(=O)C1(C)CC1(Cl)Cl. The third-order valence-corrected chi connectivity index (χ3v) is 5.24. The van der Waals surface area contributed by atoms with Gasteiger partial charge in [0.05, 0.1) is 12.0 Å². The lowest BCUT2D eigenvalue weighted by Crippen LogP contribution is -2.35. The predicted molar refractivity (Wildman–Crippen MR) is 72.0 cm³/mol. The molecule has 1 saturated carbocycles. The molecule has 3 rings (SSSR count). The molecule has 1 amide bonds. The molecule has 1 fully saturated rings. The molecule has 104 valence electrons. The van der Waals surface area contributed by atoms with Crippen molar-refractivity contribution in [3.8, 4) is 0 Å². The van der Waals surface area contributed by atoms with Gasteiger partial charge < -0.3 is 9.47 Å². The number of nitrogens with zero attached hydrogens (tertiary/aromatic N) is 4. The molecular weight excluding hydrogens is 287 g/mol. The molecule has 2 aliphatic rings. The van der Waals surface area contributed by atoms with E-state index in [2.05, 4.69) is 14.8 Å². The van der Waals surface area contributed by atoms with Crippen molar-refractivity contribution < 1.29 is 4.79 Å². The zero-order chi connectivity index (χ0) is 13.8. The minimum absolute atomic E-state index is 0.0344. The molecule has 0 spiro atoms. The highest BCUT2D eigenvalue weighted by molar-refractivity contribution is 6.53. The van der Waals surface area contributed by atoms with Gasteiger partial charge in [0, 0.05) is 20.0 Å². The van der Waals surface area contributed by atoms with Crippen LogP contribution >= 0.6 is 23.2 Å². The van der Waals surface area contributed by atoms with E-state index in [-0.39, 0.29) is 5.91 Å². The number of aromatic nitrogens is 3. The molecule has 7 heteroatoms. The molecule has 0 radical (unpaired) electrons. The summed E-state index contributed by atoms with van der Waals surface area (Å²) in [7, 11) is 1.76. The lowest BCUT2D eigenvalue weighted by Gasteiger charge is -2.21. The molecule has 1 aliphatic heterocycles. The van der Waals surface area contributed by atoms with Crippen LogP contribution in [0.3, 0.4) is 0 Å². The van der Waals surface area contributed by atoms with Gasteiger partial charge in [-0.1, -0.05) is 0 Å². The van der Waals surface area contributed by atoms with Gasteiger partial charge in [0.1, 0.15) is 10.2 Å². The van der Waals surface area contributed by atoms with E-state index in [9.17, 15) is 4.79 Å². The fourth-order valence-corrected chi connectivity index (χ4v) is 3.36. The van der Waals surface area contributed by atoms with Gasteiger partial charge in [-0.25, -0.2) is 0 Å². The summed E-state index contributed by atoms with van der Waals surface area (Å²) in [6.07, 6.45) is 2.57. The largest absolute Gasteiger partial charge is 0.338 e. The van der Waals surface area contributed by atoms with Gasteiger partial charge in [-0.3, -0.25) is 4.79 Å². The summed E-state index contributed by atoms with van der Waals surface area (Å²) >= 11 is 12.1. The minimum Gasteiger partial charge on any atom is -0.338 e. The normalized spacial score (nSPS) is 27.2. The van der Waals surface area contributed by atoms with E-state index in [0.29, 0.717) is 13.0 Å². The van der Waals surface area contributed by atoms with Crippen molar-refractivity contribution in [1.82, 2.24) is 19.7 Å². The fraction of sp³-hybridized carbons (Fsp3) is 0.750. The first-order chi connectivity index (χ1) is 8.85. The van der Waals surface area contributed by atoms with Crippen LogP contribution in [0.4, 0.5) is 0 Å². The van der Waals surface area contributed by atoms with E-state index in [4.69, 9.17) is 23.2 Å². The number of amides is 1. The van der Waals surface area contributed by atoms with Gasteiger partial charge >= 0.3 is 0 Å². The summed E-state index contributed by atoms with van der Waals surface area (Å²) in [5, 5.41) is 8.29. The summed E-state index contributed by atoms with van der Waals surface area (Å²) in [6.45, 7) is 3.19. The smallest absolute Gasteiger partial charge is 0.231 e. The van der Waals surface area contributed by atoms with Gasteiger partial charge in [0.25, 0.3) is 0 Å². The summed E-state index contributed by atoms with van der Waals surface area (Å²) in [6, 6.07) is 0. The molecule has 1 aromatic rings. The Kier molecular flexibility index (Phi) is 2.84. The molecule has 19 heavy (non-hydrogen) atoms. The molecule has 0 saturated heterocycles. The number of hydrogen-bond donors (Lipinski definition) is 0. The van der Waals surface area contributed by atoms with E-state index in [1.807, 2.05) is 0 Å². The Morgan fingerprint density at radius 3 is 2.79 bits per heavy atom. The molecular formula is C12H16Cl2N4O. The number of halogens is 2. The summed E-state index contributed by atoms with van der Waals surface area (Å²) in [5.74, 6) is 1.81. The maximum Gasteiger partial charge on any atom is 0.231 e. The summed E-state index contributed by atoms with van der Waals surface area (Å²) in [5.41, 5.74) is -0.668. The van der Waals surface area contributed by atoms with Crippen LogP contribution in [-0.2, 0) is 24.3 Å². The van der Waals surface area contributed by atoms with Crippen LogP contribution in [0.5, 0.6) is 0 Å². The molecule has 1 unspecified atom stereocenters. The second-order valence-corrected chi connectivity index (χ2v) is 7.15. The van der Waals surface area contributed by atoms with Crippen molar-refractivity contribution in [1.29, 1.82) is 0 Å². The number of carbonyl (C=O) groups is 1. The van der Waals surface area contributed by atoms with Crippen LogP contribution in [0.1, 0.15) is 31.4 Å². The quantitative estimate of drug-likeness (QED) is 0.800. The highest BCUT2D eigenvalue weighted by atomic mass is 35.5. The number of aryl methyl sites for hydroxylation is 1. The number of hydrogen-bond acceptors (Lipinski definition) is 3. The van der Waals surface area contributed by atoms with Crippen molar-refractivity contribution in [2.24, 2.45) is 5.41 Å². The Labute approximate surface area is 121 Å². The van der Waals surface area contributed by atoms with Crippen LogP contribution in [0.2, 0.25) is 0 Å². The standard InChI is InChI=1S/C12H16Cl2N4O/c1-11(7-12(11,13)14)10(19)17(2)6-9-16-15-8-4-3-5-18(8)9/h3-7H2,1-2H3. The van der Waals surface area contributed by atoms with Crippen LogP contribution in [-0.4, -0.2) is 37.0 Å². The Hall–Kier alpha value is -0.810. The van der Waals surface area contributed by atoms with E-state index < -0.39 is 9.75 Å². The highest BCUT2D eigenvalue weighted by Gasteiger charge is 2.68. The summed E-state index contributed by atoms with van der Waals surface area (Å²) < 4.78 is 1.17. The molecule has 5 nitrogen and oxygen atoms in total. The van der Waals surface area contributed by atoms with Gasteiger partial charge in [-0.05, 0) is 19.8 Å². The minimum atomic E-state index is -0.925. The number of fused-ring (bicyclic) bond motifs is 1. The van der Waals surface area contributed by atoms with Crippen LogP contribution in [0.25, 0.3) is 0 Å². The average molecular weight is 303 g/mol. The van der Waals surface area contributed by atoms with Crippen molar-refractivity contribution in [3.63, 3.8) is 0 Å². The third kappa shape index (κ3) is 1.94. The Morgan fingerprint density at radius 1 is 1.47 bits per heavy atom. The Bertz CT molecular complexity index is 542. The summed E-state index contributed by atoms with van der Waals surface area (Å²) in [4.78, 5) is 14.0. The second kappa shape index (κ2) is 4.09. The maximum absolute atomic E-state index is 12.4. The van der Waals surface area contributed by atoms with Crippen molar-refractivity contribution >= 4 is 29.1 Å². The fourth-order valence-electron chi connectivity index (χ4n) is 2.66. The van der Waals surface area contributed by atoms with Gasteiger partial charge in [-0.2, -0.15) is 0 Å². The Morgan fingerprint density at radius 2 is 2.16 bits per heavy atom. The number of alkyl halides is 2. The highest BCUT2D eigenvalue weighted by Crippen LogP contribution is 2.64. The van der Waals surface area contributed by atoms with Crippen LogP contribution in [0.15, 0.2) is 0 Å². The molecule has 0 bridgehead atoms. The number of carbonyl (C=O) groups excluding carboxylic acids is 1. The van der Waals surface area contributed by atoms with E-state index in [0.717, 1.165) is 31.0 Å². The molecule has 1 aliphatic carbocycles. The van der Waals surface area contributed by atoms with Crippen LogP contribution < -0.4 is 0 Å².